The minimum absolute atomic E-state index is 0.367. The van der Waals surface area contributed by atoms with Gasteiger partial charge in [0, 0.05) is 6.61 Å². The molecule has 0 heterocycles. The minimum atomic E-state index is 0.367. The van der Waals surface area contributed by atoms with Crippen molar-refractivity contribution in [1.82, 2.24) is 0 Å². The molecule has 0 atom stereocenters. The van der Waals surface area contributed by atoms with Crippen LogP contribution in [0.3, 0.4) is 0 Å². The molecule has 11 heavy (non-hydrogen) atoms. The summed E-state index contributed by atoms with van der Waals surface area (Å²) < 4.78 is 0. The molecule has 0 fully saturated rings. The van der Waals surface area contributed by atoms with E-state index in [4.69, 9.17) is 5.11 Å². The van der Waals surface area contributed by atoms with Crippen LogP contribution in [0.2, 0.25) is 0 Å². The summed E-state index contributed by atoms with van der Waals surface area (Å²) >= 11 is 1.61. The number of halogens is 1. The molecule has 0 aromatic rings. The summed E-state index contributed by atoms with van der Waals surface area (Å²) in [5, 5.41) is 8.42. The predicted molar refractivity (Wildman–Crippen MR) is 46.3 cm³/mol. The first kappa shape index (κ1) is 14.5. The fourth-order valence-electron chi connectivity index (χ4n) is 0.892. The topological polar surface area (TPSA) is 20.2 Å². The van der Waals surface area contributed by atoms with Gasteiger partial charge in [-0.25, -0.2) is 0 Å². The van der Waals surface area contributed by atoms with E-state index in [1.54, 1.807) is 18.8 Å². The van der Waals surface area contributed by atoms with Crippen molar-refractivity contribution >= 4 is 9.42 Å². The Morgan fingerprint density at radius 3 is 1.91 bits per heavy atom. The van der Waals surface area contributed by atoms with Crippen molar-refractivity contribution in [1.29, 1.82) is 0 Å². The second-order valence-electron chi connectivity index (χ2n) is 2.49. The fourth-order valence-corrected chi connectivity index (χ4v) is 0.892. The summed E-state index contributed by atoms with van der Waals surface area (Å²) in [4.78, 5) is 0. The van der Waals surface area contributed by atoms with Crippen LogP contribution < -0.4 is 0 Å². The Kier molecular flexibility index (Phi) is 22.5. The van der Waals surface area contributed by atoms with Crippen LogP contribution in [0, 0.1) is 0 Å². The molecule has 0 bridgehead atoms. The van der Waals surface area contributed by atoms with Gasteiger partial charge in [0.25, 0.3) is 0 Å². The van der Waals surface area contributed by atoms with Gasteiger partial charge >= 0.3 is 28.2 Å². The van der Waals surface area contributed by atoms with Gasteiger partial charge in [0.15, 0.2) is 0 Å². The normalized spacial score (nSPS) is 8.82. The molecule has 0 amide bonds. The Morgan fingerprint density at radius 1 is 1.00 bits per heavy atom. The van der Waals surface area contributed by atoms with Crippen molar-refractivity contribution in [2.75, 3.05) is 6.61 Å². The number of aliphatic hydroxyl groups is 1. The molecule has 1 N–H and O–H groups in total. The van der Waals surface area contributed by atoms with E-state index >= 15 is 0 Å². The SMILES string of the molecule is CCCCCCCCO.[Cl][Pt]. The van der Waals surface area contributed by atoms with Crippen LogP contribution in [0.1, 0.15) is 45.4 Å². The third-order valence-electron chi connectivity index (χ3n) is 1.51. The van der Waals surface area contributed by atoms with Gasteiger partial charge in [-0.15, -0.1) is 0 Å². The van der Waals surface area contributed by atoms with Gasteiger partial charge in [-0.05, 0) is 6.42 Å². The third-order valence-corrected chi connectivity index (χ3v) is 1.51. The van der Waals surface area contributed by atoms with Crippen molar-refractivity contribution in [3.05, 3.63) is 0 Å². The number of aliphatic hydroxyl groups excluding tert-OH is 1. The van der Waals surface area contributed by atoms with Crippen LogP contribution in [0.15, 0.2) is 0 Å². The molecule has 0 rings (SSSR count). The average Bonchev–Trinajstić information content (AvgIpc) is 2.08. The zero-order valence-corrected chi connectivity index (χ0v) is 10.1. The second-order valence-corrected chi connectivity index (χ2v) is 2.49. The van der Waals surface area contributed by atoms with Crippen LogP contribution in [-0.2, 0) is 18.8 Å². The average molecular weight is 361 g/mol. The van der Waals surface area contributed by atoms with E-state index in [0.29, 0.717) is 6.61 Å². The molecular formula is C8H18ClOPt. The Labute approximate surface area is 85.3 Å². The first-order chi connectivity index (χ1) is 5.41. The monoisotopic (exact) mass is 360 g/mol. The Hall–Kier alpha value is 0.938. The molecule has 0 unspecified atom stereocenters. The summed E-state index contributed by atoms with van der Waals surface area (Å²) in [5.74, 6) is 0. The number of rotatable bonds is 6. The van der Waals surface area contributed by atoms with E-state index < -0.39 is 0 Å². The standard InChI is InChI=1S/C8H18O.ClH.Pt/c1-2-3-4-5-6-7-8-9;;/h9H,2-8H2,1H3;1H;/q;;+1/p-1. The van der Waals surface area contributed by atoms with Crippen LogP contribution in [-0.4, -0.2) is 11.7 Å². The molecule has 0 aliphatic heterocycles. The molecule has 73 valence electrons. The van der Waals surface area contributed by atoms with E-state index in [0.717, 1.165) is 6.42 Å². The Bertz CT molecular complexity index is 47.4. The van der Waals surface area contributed by atoms with Gasteiger partial charge in [0.1, 0.15) is 0 Å². The number of hydrogen-bond acceptors (Lipinski definition) is 1. The van der Waals surface area contributed by atoms with Gasteiger partial charge in [-0.3, -0.25) is 0 Å². The van der Waals surface area contributed by atoms with Crippen molar-refractivity contribution in [3.8, 4) is 0 Å². The number of unbranched alkanes of at least 4 members (excludes halogenated alkanes) is 5. The molecule has 0 aromatic carbocycles. The predicted octanol–water partition coefficient (Wildman–Crippen LogP) is 3.03. The molecule has 0 aromatic heterocycles. The summed E-state index contributed by atoms with van der Waals surface area (Å²) in [6.07, 6.45) is 7.50. The van der Waals surface area contributed by atoms with Crippen molar-refractivity contribution < 1.29 is 23.9 Å². The summed E-state index contributed by atoms with van der Waals surface area (Å²) in [6.45, 7) is 2.58. The van der Waals surface area contributed by atoms with Crippen LogP contribution >= 0.6 is 9.42 Å². The van der Waals surface area contributed by atoms with E-state index in [9.17, 15) is 0 Å². The van der Waals surface area contributed by atoms with Crippen LogP contribution in [0.4, 0.5) is 0 Å². The third kappa shape index (κ3) is 18.2. The van der Waals surface area contributed by atoms with E-state index in [2.05, 4.69) is 16.3 Å². The van der Waals surface area contributed by atoms with Gasteiger partial charge in [-0.1, -0.05) is 39.0 Å². The van der Waals surface area contributed by atoms with E-state index in [-0.39, 0.29) is 0 Å². The van der Waals surface area contributed by atoms with E-state index in [1.165, 1.54) is 32.1 Å². The molecule has 1 nitrogen and oxygen atoms in total. The van der Waals surface area contributed by atoms with Crippen molar-refractivity contribution in [2.24, 2.45) is 0 Å². The Morgan fingerprint density at radius 2 is 1.45 bits per heavy atom. The van der Waals surface area contributed by atoms with Crippen molar-refractivity contribution in [2.45, 2.75) is 45.4 Å². The van der Waals surface area contributed by atoms with Crippen LogP contribution in [0.25, 0.3) is 0 Å². The summed E-state index contributed by atoms with van der Waals surface area (Å²) in [6, 6.07) is 0. The molecule has 0 aliphatic carbocycles. The van der Waals surface area contributed by atoms with Gasteiger partial charge in [-0.2, -0.15) is 0 Å². The quantitative estimate of drug-likeness (QED) is 0.722. The Balaban J connectivity index is 0. The number of hydrogen-bond donors (Lipinski definition) is 1. The van der Waals surface area contributed by atoms with Crippen LogP contribution in [0.5, 0.6) is 0 Å². The second kappa shape index (κ2) is 17.1. The molecular weight excluding hydrogens is 343 g/mol. The maximum atomic E-state index is 8.42. The summed E-state index contributed by atoms with van der Waals surface area (Å²) in [7, 11) is 4.61. The molecule has 3 heteroatoms. The first-order valence-corrected chi connectivity index (χ1v) is 6.96. The van der Waals surface area contributed by atoms with Crippen molar-refractivity contribution in [3.63, 3.8) is 0 Å². The van der Waals surface area contributed by atoms with Gasteiger partial charge in [0.05, 0.1) is 0 Å². The first-order valence-electron chi connectivity index (χ1n) is 4.14. The van der Waals surface area contributed by atoms with Gasteiger partial charge in [0.2, 0.25) is 0 Å². The molecule has 0 saturated heterocycles. The maximum absolute atomic E-state index is 8.42. The zero-order valence-electron chi connectivity index (χ0n) is 7.09. The van der Waals surface area contributed by atoms with E-state index in [1.807, 2.05) is 0 Å². The van der Waals surface area contributed by atoms with Gasteiger partial charge < -0.3 is 5.11 Å². The molecule has 0 radical (unpaired) electrons. The molecule has 0 saturated carbocycles. The fraction of sp³-hybridized carbons (Fsp3) is 1.00. The molecule has 0 spiro atoms. The molecule has 0 aliphatic rings. The summed E-state index contributed by atoms with van der Waals surface area (Å²) in [5.41, 5.74) is 0. The zero-order chi connectivity index (χ0) is 8.95.